The van der Waals surface area contributed by atoms with Crippen LogP contribution in [-0.4, -0.2) is 4.98 Å². The van der Waals surface area contributed by atoms with Gasteiger partial charge in [0.2, 0.25) is 0 Å². The summed E-state index contributed by atoms with van der Waals surface area (Å²) in [5.41, 5.74) is 2.82. The molecule has 2 aromatic rings. The van der Waals surface area contributed by atoms with Crippen molar-refractivity contribution in [2.75, 3.05) is 0 Å². The van der Waals surface area contributed by atoms with Gasteiger partial charge >= 0.3 is 0 Å². The van der Waals surface area contributed by atoms with Gasteiger partial charge in [0.1, 0.15) is 0 Å². The topological polar surface area (TPSA) is 12.9 Å². The molecule has 1 aromatic heterocycles. The van der Waals surface area contributed by atoms with E-state index in [2.05, 4.69) is 4.98 Å². The van der Waals surface area contributed by atoms with Crippen LogP contribution < -0.4 is 0 Å². The Morgan fingerprint density at radius 1 is 1.07 bits per heavy atom. The highest BCUT2D eigenvalue weighted by atomic mass is 35.5. The van der Waals surface area contributed by atoms with Crippen LogP contribution in [0.3, 0.4) is 0 Å². The second kappa shape index (κ2) is 3.41. The Morgan fingerprint density at radius 2 is 1.79 bits per heavy atom. The number of hydrogen-bond acceptors (Lipinski definition) is 1. The van der Waals surface area contributed by atoms with Crippen molar-refractivity contribution in [1.29, 1.82) is 0 Å². The first-order valence-electron chi connectivity index (χ1n) is 4.31. The van der Waals surface area contributed by atoms with Gasteiger partial charge in [-0.15, -0.1) is 0 Å². The molecule has 0 fully saturated rings. The van der Waals surface area contributed by atoms with Crippen LogP contribution in [0, 0.1) is 13.8 Å². The van der Waals surface area contributed by atoms with Crippen LogP contribution in [0.25, 0.3) is 10.9 Å². The number of nitrogens with zero attached hydrogens (tertiary/aromatic N) is 1. The fourth-order valence-electron chi connectivity index (χ4n) is 1.43. The molecule has 0 radical (unpaired) electrons. The molecule has 1 heterocycles. The smallest absolute Gasteiger partial charge is 0.0811 e. The van der Waals surface area contributed by atoms with Crippen molar-refractivity contribution in [3.8, 4) is 0 Å². The van der Waals surface area contributed by atoms with E-state index in [9.17, 15) is 0 Å². The minimum Gasteiger partial charge on any atom is -0.251 e. The Hall–Kier alpha value is -0.790. The molecule has 0 spiro atoms. The Kier molecular flexibility index (Phi) is 2.38. The van der Waals surface area contributed by atoms with Gasteiger partial charge in [-0.25, -0.2) is 0 Å². The molecule has 0 amide bonds. The lowest BCUT2D eigenvalue weighted by atomic mass is 10.1. The number of pyridine rings is 1. The van der Waals surface area contributed by atoms with Crippen molar-refractivity contribution < 1.29 is 0 Å². The van der Waals surface area contributed by atoms with Gasteiger partial charge in [0.05, 0.1) is 21.3 Å². The number of hydrogen-bond donors (Lipinski definition) is 0. The van der Waals surface area contributed by atoms with Crippen molar-refractivity contribution in [2.24, 2.45) is 0 Å². The zero-order valence-electron chi connectivity index (χ0n) is 7.94. The fourth-order valence-corrected chi connectivity index (χ4v) is 1.86. The van der Waals surface area contributed by atoms with Crippen molar-refractivity contribution in [3.05, 3.63) is 39.5 Å². The van der Waals surface area contributed by atoms with E-state index in [-0.39, 0.29) is 0 Å². The molecule has 0 aliphatic rings. The largest absolute Gasteiger partial charge is 0.251 e. The third kappa shape index (κ3) is 1.47. The van der Waals surface area contributed by atoms with Crippen LogP contribution in [0.5, 0.6) is 0 Å². The van der Waals surface area contributed by atoms with E-state index in [0.29, 0.717) is 10.0 Å². The summed E-state index contributed by atoms with van der Waals surface area (Å²) in [6.07, 6.45) is 0. The summed E-state index contributed by atoms with van der Waals surface area (Å²) in [6.45, 7) is 3.87. The summed E-state index contributed by atoms with van der Waals surface area (Å²) in [5.74, 6) is 0. The van der Waals surface area contributed by atoms with Gasteiger partial charge in [-0.1, -0.05) is 34.8 Å². The lowest BCUT2D eigenvalue weighted by molar-refractivity contribution is 1.25. The molecular formula is C11H9Cl2N. The maximum atomic E-state index is 6.13. The summed E-state index contributed by atoms with van der Waals surface area (Å²) in [5, 5.41) is 2.06. The Morgan fingerprint density at radius 3 is 2.50 bits per heavy atom. The normalized spacial score (nSPS) is 10.9. The molecule has 0 N–H and O–H groups in total. The van der Waals surface area contributed by atoms with Crippen LogP contribution in [0.4, 0.5) is 0 Å². The minimum atomic E-state index is 0.546. The number of aryl methyl sites for hydroxylation is 2. The summed E-state index contributed by atoms with van der Waals surface area (Å²) < 4.78 is 0. The highest BCUT2D eigenvalue weighted by Crippen LogP contribution is 2.31. The van der Waals surface area contributed by atoms with E-state index in [1.807, 2.05) is 32.0 Å². The maximum absolute atomic E-state index is 6.13. The molecule has 0 unspecified atom stereocenters. The van der Waals surface area contributed by atoms with Crippen LogP contribution in [-0.2, 0) is 0 Å². The highest BCUT2D eigenvalue weighted by molar-refractivity contribution is 6.45. The summed E-state index contributed by atoms with van der Waals surface area (Å²) in [7, 11) is 0. The van der Waals surface area contributed by atoms with Gasteiger partial charge in [0, 0.05) is 5.39 Å². The summed E-state index contributed by atoms with van der Waals surface area (Å²) in [4.78, 5) is 4.36. The molecule has 0 bridgehead atoms. The molecule has 14 heavy (non-hydrogen) atoms. The SMILES string of the molecule is Cc1ccc2nc(C)c(Cl)c(Cl)c2c1. The van der Waals surface area contributed by atoms with Crippen LogP contribution in [0.1, 0.15) is 11.3 Å². The molecule has 0 aliphatic heterocycles. The van der Waals surface area contributed by atoms with Crippen molar-refractivity contribution in [2.45, 2.75) is 13.8 Å². The first-order valence-corrected chi connectivity index (χ1v) is 5.07. The third-order valence-corrected chi connectivity index (χ3v) is 3.14. The molecule has 0 aliphatic carbocycles. The maximum Gasteiger partial charge on any atom is 0.0811 e. The number of fused-ring (bicyclic) bond motifs is 1. The van der Waals surface area contributed by atoms with E-state index in [0.717, 1.165) is 22.2 Å². The fraction of sp³-hybridized carbons (Fsp3) is 0.182. The predicted molar refractivity (Wildman–Crippen MR) is 61.2 cm³/mol. The second-order valence-corrected chi connectivity index (χ2v) is 4.10. The lowest BCUT2D eigenvalue weighted by Crippen LogP contribution is -1.87. The van der Waals surface area contributed by atoms with E-state index >= 15 is 0 Å². The van der Waals surface area contributed by atoms with Crippen LogP contribution in [0.15, 0.2) is 18.2 Å². The average Bonchev–Trinajstić information content (AvgIpc) is 2.16. The van der Waals surface area contributed by atoms with Crippen molar-refractivity contribution in [3.63, 3.8) is 0 Å². The van der Waals surface area contributed by atoms with Crippen LogP contribution >= 0.6 is 23.2 Å². The molecule has 0 saturated heterocycles. The standard InChI is InChI=1S/C11H9Cl2N/c1-6-3-4-9-8(5-6)11(13)10(12)7(2)14-9/h3-5H,1-2H3. The number of aromatic nitrogens is 1. The molecular weight excluding hydrogens is 217 g/mol. The van der Waals surface area contributed by atoms with Crippen LogP contribution in [0.2, 0.25) is 10.0 Å². The molecule has 1 nitrogen and oxygen atoms in total. The molecule has 72 valence electrons. The number of rotatable bonds is 0. The van der Waals surface area contributed by atoms with E-state index in [1.54, 1.807) is 0 Å². The average molecular weight is 226 g/mol. The molecule has 2 rings (SSSR count). The zero-order valence-corrected chi connectivity index (χ0v) is 9.45. The summed E-state index contributed by atoms with van der Waals surface area (Å²) in [6, 6.07) is 5.97. The van der Waals surface area contributed by atoms with Gasteiger partial charge in [-0.2, -0.15) is 0 Å². The monoisotopic (exact) mass is 225 g/mol. The molecule has 0 saturated carbocycles. The zero-order chi connectivity index (χ0) is 10.3. The third-order valence-electron chi connectivity index (χ3n) is 2.19. The Bertz CT molecular complexity index is 506. The van der Waals surface area contributed by atoms with Gasteiger partial charge < -0.3 is 0 Å². The van der Waals surface area contributed by atoms with Gasteiger partial charge in [-0.3, -0.25) is 4.98 Å². The quantitative estimate of drug-likeness (QED) is 0.657. The van der Waals surface area contributed by atoms with E-state index < -0.39 is 0 Å². The molecule has 1 aromatic carbocycles. The minimum absolute atomic E-state index is 0.546. The highest BCUT2D eigenvalue weighted by Gasteiger charge is 2.08. The first-order chi connectivity index (χ1) is 6.59. The molecule has 0 atom stereocenters. The van der Waals surface area contributed by atoms with Crippen molar-refractivity contribution in [1.82, 2.24) is 4.98 Å². The number of benzene rings is 1. The summed E-state index contributed by atoms with van der Waals surface area (Å²) >= 11 is 12.1. The van der Waals surface area contributed by atoms with Gasteiger partial charge in [0.25, 0.3) is 0 Å². The van der Waals surface area contributed by atoms with E-state index in [4.69, 9.17) is 23.2 Å². The van der Waals surface area contributed by atoms with E-state index in [1.165, 1.54) is 0 Å². The predicted octanol–water partition coefficient (Wildman–Crippen LogP) is 4.16. The first kappa shape index (κ1) is 9.75. The van der Waals surface area contributed by atoms with Crippen molar-refractivity contribution >= 4 is 34.1 Å². The Balaban J connectivity index is 2.92. The lowest BCUT2D eigenvalue weighted by Gasteiger charge is -2.05. The van der Waals surface area contributed by atoms with Gasteiger partial charge in [0.15, 0.2) is 0 Å². The Labute approximate surface area is 92.7 Å². The molecule has 3 heteroatoms. The van der Waals surface area contributed by atoms with Gasteiger partial charge in [-0.05, 0) is 26.0 Å². The second-order valence-electron chi connectivity index (χ2n) is 3.35. The number of halogens is 2.